The minimum atomic E-state index is -1.42. The Morgan fingerprint density at radius 2 is 1.95 bits per heavy atom. The molecular weight excluding hydrogens is 261 g/mol. The van der Waals surface area contributed by atoms with Crippen molar-refractivity contribution in [2.45, 2.75) is 31.2 Å². The topological polar surface area (TPSA) is 66.4 Å². The highest BCUT2D eigenvalue weighted by Gasteiger charge is 2.32. The molecule has 5 heteroatoms. The summed E-state index contributed by atoms with van der Waals surface area (Å²) in [6.07, 6.45) is 2.11. The molecule has 1 atom stereocenters. The van der Waals surface area contributed by atoms with Gasteiger partial charge in [-0.2, -0.15) is 0 Å². The lowest BCUT2D eigenvalue weighted by atomic mass is 9.70. The van der Waals surface area contributed by atoms with E-state index < -0.39 is 18.7 Å². The van der Waals surface area contributed by atoms with Crippen LogP contribution >= 0.6 is 0 Å². The number of hydrogen-bond donors (Lipinski definition) is 2. The number of carboxylic acids is 1. The van der Waals surface area contributed by atoms with E-state index in [1.807, 2.05) is 18.2 Å². The molecule has 1 aliphatic rings. The third kappa shape index (κ3) is 3.56. The van der Waals surface area contributed by atoms with E-state index in [4.69, 9.17) is 5.11 Å². The van der Waals surface area contributed by atoms with Crippen LogP contribution in [0.2, 0.25) is 0 Å². The van der Waals surface area contributed by atoms with Crippen LogP contribution in [0.1, 0.15) is 30.7 Å². The fourth-order valence-corrected chi connectivity index (χ4v) is 2.58. The minimum absolute atomic E-state index is 0.259. The molecule has 1 aliphatic carbocycles. The Kier molecular flexibility index (Phi) is 4.71. The number of carbonyl (C=O) groups is 2. The second-order valence-electron chi connectivity index (χ2n) is 5.26. The summed E-state index contributed by atoms with van der Waals surface area (Å²) in [6.45, 7) is -1.08. The minimum Gasteiger partial charge on any atom is -0.480 e. The zero-order valence-electron chi connectivity index (χ0n) is 11.1. The van der Waals surface area contributed by atoms with Gasteiger partial charge >= 0.3 is 5.97 Å². The molecule has 1 saturated carbocycles. The van der Waals surface area contributed by atoms with Crippen molar-refractivity contribution in [3.05, 3.63) is 35.9 Å². The van der Waals surface area contributed by atoms with E-state index in [0.717, 1.165) is 12.8 Å². The van der Waals surface area contributed by atoms with Gasteiger partial charge in [0.15, 0.2) is 6.04 Å². The molecule has 0 aliphatic heterocycles. The number of halogens is 1. The van der Waals surface area contributed by atoms with Crippen LogP contribution in [0.15, 0.2) is 30.3 Å². The first-order valence-electron chi connectivity index (χ1n) is 6.73. The van der Waals surface area contributed by atoms with Crippen molar-refractivity contribution >= 4 is 11.9 Å². The molecule has 0 heterocycles. The van der Waals surface area contributed by atoms with E-state index in [2.05, 4.69) is 17.4 Å². The van der Waals surface area contributed by atoms with Crippen LogP contribution in [0.3, 0.4) is 0 Å². The Hall–Kier alpha value is -1.91. The monoisotopic (exact) mass is 279 g/mol. The molecule has 0 aromatic heterocycles. The predicted molar refractivity (Wildman–Crippen MR) is 72.1 cm³/mol. The van der Waals surface area contributed by atoms with Crippen LogP contribution in [0.25, 0.3) is 0 Å². The molecule has 1 aromatic carbocycles. The van der Waals surface area contributed by atoms with Gasteiger partial charge in [0.2, 0.25) is 5.91 Å². The zero-order chi connectivity index (χ0) is 14.5. The number of alkyl halides is 1. The summed E-state index contributed by atoms with van der Waals surface area (Å²) in [5.74, 6) is -0.983. The summed E-state index contributed by atoms with van der Waals surface area (Å²) in [4.78, 5) is 22.2. The zero-order valence-corrected chi connectivity index (χ0v) is 11.1. The summed E-state index contributed by atoms with van der Waals surface area (Å²) in [7, 11) is 0. The number of carboxylic acid groups (broad SMARTS) is 1. The van der Waals surface area contributed by atoms with Crippen molar-refractivity contribution in [2.24, 2.45) is 5.92 Å². The van der Waals surface area contributed by atoms with Gasteiger partial charge in [-0.05, 0) is 30.2 Å². The van der Waals surface area contributed by atoms with Crippen molar-refractivity contribution in [3.63, 3.8) is 0 Å². The molecule has 2 N–H and O–H groups in total. The van der Waals surface area contributed by atoms with E-state index in [0.29, 0.717) is 5.92 Å². The van der Waals surface area contributed by atoms with Crippen molar-refractivity contribution in [1.82, 2.24) is 5.32 Å². The van der Waals surface area contributed by atoms with Gasteiger partial charge in [-0.3, -0.25) is 4.79 Å². The second-order valence-corrected chi connectivity index (χ2v) is 5.26. The third-order valence-corrected chi connectivity index (χ3v) is 3.77. The number of hydrogen-bond acceptors (Lipinski definition) is 2. The lowest BCUT2D eigenvalue weighted by Crippen LogP contribution is -2.43. The summed E-state index contributed by atoms with van der Waals surface area (Å²) in [5.41, 5.74) is 1.27. The molecule has 0 saturated heterocycles. The molecule has 108 valence electrons. The lowest BCUT2D eigenvalue weighted by molar-refractivity contribution is -0.142. The molecule has 20 heavy (non-hydrogen) atoms. The summed E-state index contributed by atoms with van der Waals surface area (Å²) >= 11 is 0. The number of rotatable bonds is 6. The summed E-state index contributed by atoms with van der Waals surface area (Å²) in [5, 5.41) is 10.9. The first-order chi connectivity index (χ1) is 9.60. The van der Waals surface area contributed by atoms with Gasteiger partial charge in [-0.15, -0.1) is 0 Å². The molecule has 1 aromatic rings. The molecule has 0 bridgehead atoms. The van der Waals surface area contributed by atoms with Gasteiger partial charge in [0.05, 0.1) is 0 Å². The maximum Gasteiger partial charge on any atom is 0.328 e. The third-order valence-electron chi connectivity index (χ3n) is 3.77. The van der Waals surface area contributed by atoms with Gasteiger partial charge in [0, 0.05) is 6.42 Å². The molecule has 1 unspecified atom stereocenters. The van der Waals surface area contributed by atoms with E-state index in [1.165, 1.54) is 5.56 Å². The smallest absolute Gasteiger partial charge is 0.328 e. The van der Waals surface area contributed by atoms with Gasteiger partial charge in [0.1, 0.15) is 6.67 Å². The van der Waals surface area contributed by atoms with Crippen LogP contribution in [-0.4, -0.2) is 29.7 Å². The van der Waals surface area contributed by atoms with Crippen LogP contribution in [-0.2, 0) is 9.59 Å². The summed E-state index contributed by atoms with van der Waals surface area (Å²) in [6, 6.07) is 8.68. The van der Waals surface area contributed by atoms with Gasteiger partial charge in [0.25, 0.3) is 0 Å². The largest absolute Gasteiger partial charge is 0.480 e. The lowest BCUT2D eigenvalue weighted by Gasteiger charge is -2.35. The van der Waals surface area contributed by atoms with Crippen LogP contribution in [0.5, 0.6) is 0 Å². The second kappa shape index (κ2) is 6.50. The normalized spacial score (nSPS) is 22.6. The SMILES string of the molecule is O=C(CC1CC(c2ccccc2)C1)NC(CF)C(=O)O. The van der Waals surface area contributed by atoms with E-state index in [9.17, 15) is 14.0 Å². The van der Waals surface area contributed by atoms with Gasteiger partial charge in [-0.1, -0.05) is 30.3 Å². The van der Waals surface area contributed by atoms with Crippen molar-refractivity contribution in [1.29, 1.82) is 0 Å². The van der Waals surface area contributed by atoms with E-state index >= 15 is 0 Å². The fourth-order valence-electron chi connectivity index (χ4n) is 2.58. The Morgan fingerprint density at radius 1 is 1.30 bits per heavy atom. The maximum absolute atomic E-state index is 12.4. The average molecular weight is 279 g/mol. The van der Waals surface area contributed by atoms with Gasteiger partial charge in [-0.25, -0.2) is 9.18 Å². The first-order valence-corrected chi connectivity index (χ1v) is 6.73. The Bertz CT molecular complexity index is 471. The van der Waals surface area contributed by atoms with E-state index in [-0.39, 0.29) is 18.2 Å². The van der Waals surface area contributed by atoms with Gasteiger partial charge < -0.3 is 10.4 Å². The van der Waals surface area contributed by atoms with Crippen LogP contribution in [0.4, 0.5) is 4.39 Å². The Balaban J connectivity index is 1.74. The first kappa shape index (κ1) is 14.5. The number of benzene rings is 1. The van der Waals surface area contributed by atoms with Crippen LogP contribution in [0, 0.1) is 5.92 Å². The summed E-state index contributed by atoms with van der Waals surface area (Å²) < 4.78 is 12.4. The highest BCUT2D eigenvalue weighted by atomic mass is 19.1. The highest BCUT2D eigenvalue weighted by molar-refractivity contribution is 5.83. The Morgan fingerprint density at radius 3 is 2.50 bits per heavy atom. The molecule has 0 radical (unpaired) electrons. The number of amides is 1. The van der Waals surface area contributed by atoms with Crippen LogP contribution < -0.4 is 5.32 Å². The number of aliphatic carboxylic acids is 1. The number of carbonyl (C=O) groups excluding carboxylic acids is 1. The molecule has 0 spiro atoms. The molecule has 1 fully saturated rings. The molecule has 2 rings (SSSR count). The number of nitrogens with one attached hydrogen (secondary N) is 1. The molecule has 4 nitrogen and oxygen atoms in total. The van der Waals surface area contributed by atoms with Crippen molar-refractivity contribution in [2.75, 3.05) is 6.67 Å². The molecule has 1 amide bonds. The molecular formula is C15H18FNO3. The highest BCUT2D eigenvalue weighted by Crippen LogP contribution is 2.43. The standard InChI is InChI=1S/C15H18FNO3/c16-9-13(15(19)20)17-14(18)8-10-6-12(7-10)11-4-2-1-3-5-11/h1-5,10,12-13H,6-9H2,(H,17,18)(H,19,20). The van der Waals surface area contributed by atoms with Crippen molar-refractivity contribution in [3.8, 4) is 0 Å². The fraction of sp³-hybridized carbons (Fsp3) is 0.467. The quantitative estimate of drug-likeness (QED) is 0.838. The predicted octanol–water partition coefficient (Wildman–Crippen LogP) is 2.11. The maximum atomic E-state index is 12.4. The Labute approximate surface area is 117 Å². The average Bonchev–Trinajstić information content (AvgIpc) is 2.40. The van der Waals surface area contributed by atoms with E-state index in [1.54, 1.807) is 0 Å². The van der Waals surface area contributed by atoms with Crippen molar-refractivity contribution < 1.29 is 19.1 Å².